The van der Waals surface area contributed by atoms with E-state index in [4.69, 9.17) is 10.2 Å². The van der Waals surface area contributed by atoms with Gasteiger partial charge in [0.15, 0.2) is 5.69 Å². The Bertz CT molecular complexity index is 1480. The van der Waals surface area contributed by atoms with E-state index in [1.165, 1.54) is 36.8 Å². The van der Waals surface area contributed by atoms with Gasteiger partial charge in [0, 0.05) is 35.3 Å². The number of carbonyl (C=O) groups is 1. The molecule has 6 rings (SSSR count). The van der Waals surface area contributed by atoms with E-state index in [1.54, 1.807) is 0 Å². The molecule has 0 bridgehead atoms. The average molecular weight is 492 g/mol. The highest BCUT2D eigenvalue weighted by Gasteiger charge is 2.22. The lowest BCUT2D eigenvalue weighted by Crippen LogP contribution is -2.16. The van der Waals surface area contributed by atoms with E-state index < -0.39 is 0 Å². The SMILES string of the molecule is CCc1cc(NC(=O)c2nn(CC3CCCC3)c3ccccc23)ccc1C1=NNCCc2ccccc21. The lowest BCUT2D eigenvalue weighted by atomic mass is 9.92. The summed E-state index contributed by atoms with van der Waals surface area (Å²) >= 11 is 0. The van der Waals surface area contributed by atoms with Crippen molar-refractivity contribution in [2.45, 2.75) is 52.0 Å². The number of carbonyl (C=O) groups excluding carboxylic acids is 1. The van der Waals surface area contributed by atoms with Crippen molar-refractivity contribution in [2.24, 2.45) is 11.0 Å². The van der Waals surface area contributed by atoms with Crippen LogP contribution in [0.4, 0.5) is 5.69 Å². The summed E-state index contributed by atoms with van der Waals surface area (Å²) in [6, 6.07) is 22.6. The number of amides is 1. The van der Waals surface area contributed by atoms with Gasteiger partial charge < -0.3 is 10.7 Å². The molecule has 2 aliphatic rings. The molecule has 1 saturated carbocycles. The van der Waals surface area contributed by atoms with E-state index in [-0.39, 0.29) is 5.91 Å². The molecule has 1 aliphatic carbocycles. The van der Waals surface area contributed by atoms with Gasteiger partial charge in [-0.05, 0) is 60.9 Å². The number of hydrazone groups is 1. The summed E-state index contributed by atoms with van der Waals surface area (Å²) in [4.78, 5) is 13.5. The molecule has 0 unspecified atom stereocenters. The van der Waals surface area contributed by atoms with Gasteiger partial charge in [-0.25, -0.2) is 0 Å². The first-order valence-electron chi connectivity index (χ1n) is 13.5. The van der Waals surface area contributed by atoms with Crippen LogP contribution in [-0.4, -0.2) is 27.9 Å². The summed E-state index contributed by atoms with van der Waals surface area (Å²) < 4.78 is 2.04. The first-order valence-corrected chi connectivity index (χ1v) is 13.5. The highest BCUT2D eigenvalue weighted by Crippen LogP contribution is 2.29. The maximum Gasteiger partial charge on any atom is 0.276 e. The van der Waals surface area contributed by atoms with Crippen LogP contribution in [-0.2, 0) is 19.4 Å². The lowest BCUT2D eigenvalue weighted by molar-refractivity contribution is 0.102. The fourth-order valence-electron chi connectivity index (χ4n) is 5.82. The monoisotopic (exact) mass is 491 g/mol. The van der Waals surface area contributed by atoms with Crippen molar-refractivity contribution in [1.29, 1.82) is 0 Å². The van der Waals surface area contributed by atoms with E-state index >= 15 is 0 Å². The van der Waals surface area contributed by atoms with Crippen LogP contribution in [0.3, 0.4) is 0 Å². The highest BCUT2D eigenvalue weighted by atomic mass is 16.2. The second-order valence-corrected chi connectivity index (χ2v) is 10.2. The van der Waals surface area contributed by atoms with Gasteiger partial charge in [-0.1, -0.05) is 68.3 Å². The Morgan fingerprint density at radius 3 is 2.70 bits per heavy atom. The molecule has 188 valence electrons. The summed E-state index contributed by atoms with van der Waals surface area (Å²) in [5, 5.41) is 13.5. The number of benzene rings is 3. The highest BCUT2D eigenvalue weighted by molar-refractivity contribution is 6.15. The van der Waals surface area contributed by atoms with Crippen molar-refractivity contribution in [3.8, 4) is 0 Å². The molecule has 1 aromatic heterocycles. The van der Waals surface area contributed by atoms with Crippen LogP contribution in [0.15, 0.2) is 71.8 Å². The predicted octanol–water partition coefficient (Wildman–Crippen LogP) is 5.94. The number of aromatic nitrogens is 2. The van der Waals surface area contributed by atoms with E-state index in [0.717, 1.165) is 59.4 Å². The molecule has 37 heavy (non-hydrogen) atoms. The fraction of sp³-hybridized carbons (Fsp3) is 0.323. The van der Waals surface area contributed by atoms with E-state index in [9.17, 15) is 4.79 Å². The van der Waals surface area contributed by atoms with Crippen LogP contribution in [0.5, 0.6) is 0 Å². The number of hydrogen-bond acceptors (Lipinski definition) is 4. The van der Waals surface area contributed by atoms with Gasteiger partial charge in [0.2, 0.25) is 0 Å². The van der Waals surface area contributed by atoms with Gasteiger partial charge in [0.1, 0.15) is 0 Å². The second-order valence-electron chi connectivity index (χ2n) is 10.2. The average Bonchev–Trinajstić information content (AvgIpc) is 3.52. The zero-order valence-corrected chi connectivity index (χ0v) is 21.3. The van der Waals surface area contributed by atoms with Crippen molar-refractivity contribution in [3.63, 3.8) is 0 Å². The third-order valence-electron chi connectivity index (χ3n) is 7.75. The maximum atomic E-state index is 13.5. The summed E-state index contributed by atoms with van der Waals surface area (Å²) in [5.74, 6) is 0.473. The third-order valence-corrected chi connectivity index (χ3v) is 7.75. The fourth-order valence-corrected chi connectivity index (χ4v) is 5.82. The van der Waals surface area contributed by atoms with Crippen molar-refractivity contribution < 1.29 is 4.79 Å². The number of para-hydroxylation sites is 1. The Hall–Kier alpha value is -3.93. The number of fused-ring (bicyclic) bond motifs is 2. The first kappa shape index (κ1) is 23.5. The van der Waals surface area contributed by atoms with Crippen molar-refractivity contribution in [1.82, 2.24) is 15.2 Å². The molecular formula is C31H33N5O. The van der Waals surface area contributed by atoms with Gasteiger partial charge in [-0.3, -0.25) is 9.48 Å². The van der Waals surface area contributed by atoms with Crippen LogP contribution < -0.4 is 10.7 Å². The molecule has 0 saturated heterocycles. The van der Waals surface area contributed by atoms with Crippen molar-refractivity contribution in [3.05, 3.63) is 94.7 Å². The van der Waals surface area contributed by atoms with Crippen LogP contribution in [0.2, 0.25) is 0 Å². The van der Waals surface area contributed by atoms with Crippen LogP contribution in [0.1, 0.15) is 65.3 Å². The molecule has 6 heteroatoms. The normalized spacial score (nSPS) is 15.6. The Labute approximate surface area is 217 Å². The Kier molecular flexibility index (Phi) is 6.47. The molecule has 6 nitrogen and oxygen atoms in total. The maximum absolute atomic E-state index is 13.5. The molecule has 1 fully saturated rings. The van der Waals surface area contributed by atoms with Crippen molar-refractivity contribution in [2.75, 3.05) is 11.9 Å². The van der Waals surface area contributed by atoms with Gasteiger partial charge in [0.25, 0.3) is 5.91 Å². The first-order chi connectivity index (χ1) is 18.2. The molecule has 1 aliphatic heterocycles. The molecule has 0 atom stereocenters. The number of hydrogen-bond donors (Lipinski definition) is 2. The molecular weight excluding hydrogens is 458 g/mol. The smallest absolute Gasteiger partial charge is 0.276 e. The summed E-state index contributed by atoms with van der Waals surface area (Å²) in [5.41, 5.74) is 11.2. The third kappa shape index (κ3) is 4.64. The minimum atomic E-state index is -0.171. The van der Waals surface area contributed by atoms with E-state index in [2.05, 4.69) is 60.1 Å². The molecule has 0 radical (unpaired) electrons. The van der Waals surface area contributed by atoms with Crippen LogP contribution >= 0.6 is 0 Å². The Balaban J connectivity index is 1.29. The number of rotatable bonds is 6. The van der Waals surface area contributed by atoms with Gasteiger partial charge >= 0.3 is 0 Å². The number of nitrogens with zero attached hydrogens (tertiary/aromatic N) is 3. The van der Waals surface area contributed by atoms with Gasteiger partial charge in [0.05, 0.1) is 11.2 Å². The van der Waals surface area contributed by atoms with E-state index in [0.29, 0.717) is 11.6 Å². The Morgan fingerprint density at radius 2 is 1.84 bits per heavy atom. The molecule has 3 aromatic carbocycles. The standard InChI is InChI=1S/C31H33N5O/c1-2-22-19-24(15-16-26(22)29-25-12-6-5-11-23(25)17-18-32-34-29)33-31(37)30-27-13-7-8-14-28(27)36(35-30)20-21-9-3-4-10-21/h5-8,11-16,19,21,32H,2-4,9-10,17-18,20H2,1H3,(H,33,37). The zero-order chi connectivity index (χ0) is 25.2. The molecule has 0 spiro atoms. The summed E-state index contributed by atoms with van der Waals surface area (Å²) in [6.45, 7) is 3.83. The van der Waals surface area contributed by atoms with Gasteiger partial charge in [-0.15, -0.1) is 0 Å². The second kappa shape index (κ2) is 10.2. The minimum absolute atomic E-state index is 0.171. The van der Waals surface area contributed by atoms with Crippen LogP contribution in [0.25, 0.3) is 10.9 Å². The molecule has 4 aromatic rings. The predicted molar refractivity (Wildman–Crippen MR) is 149 cm³/mol. The van der Waals surface area contributed by atoms with Crippen LogP contribution in [0, 0.1) is 5.92 Å². The largest absolute Gasteiger partial charge is 0.321 e. The molecule has 2 heterocycles. The zero-order valence-electron chi connectivity index (χ0n) is 21.3. The van der Waals surface area contributed by atoms with E-state index in [1.807, 2.05) is 28.9 Å². The summed E-state index contributed by atoms with van der Waals surface area (Å²) in [6.07, 6.45) is 6.85. The topological polar surface area (TPSA) is 71.3 Å². The molecule has 2 N–H and O–H groups in total. The number of nitrogens with one attached hydrogen (secondary N) is 2. The number of aryl methyl sites for hydroxylation is 1. The molecule has 1 amide bonds. The minimum Gasteiger partial charge on any atom is -0.321 e. The Morgan fingerprint density at radius 1 is 1.03 bits per heavy atom. The van der Waals surface area contributed by atoms with Gasteiger partial charge in [-0.2, -0.15) is 10.2 Å². The lowest BCUT2D eigenvalue weighted by Gasteiger charge is -2.14. The quantitative estimate of drug-likeness (QED) is 0.351. The number of anilines is 1. The van der Waals surface area contributed by atoms with Crippen molar-refractivity contribution >= 4 is 28.2 Å². The summed E-state index contributed by atoms with van der Waals surface area (Å²) in [7, 11) is 0.